The SMILES string of the molecule is COc1cc(CNc2cccnc2Cl)cc2c1OCO2. The van der Waals surface area contributed by atoms with Crippen molar-refractivity contribution >= 4 is 17.3 Å². The van der Waals surface area contributed by atoms with Gasteiger partial charge in [-0.25, -0.2) is 4.98 Å². The second kappa shape index (κ2) is 5.46. The lowest BCUT2D eigenvalue weighted by Crippen LogP contribution is -2.01. The number of nitrogens with one attached hydrogen (secondary N) is 1. The molecule has 1 aliphatic heterocycles. The molecule has 0 bridgehead atoms. The molecular formula is C14H13ClN2O3. The molecule has 5 nitrogen and oxygen atoms in total. The molecule has 1 aromatic heterocycles. The summed E-state index contributed by atoms with van der Waals surface area (Å²) >= 11 is 6.00. The third-order valence-corrected chi connectivity index (χ3v) is 3.26. The van der Waals surface area contributed by atoms with E-state index in [9.17, 15) is 0 Å². The van der Waals surface area contributed by atoms with Crippen molar-refractivity contribution in [2.24, 2.45) is 0 Å². The third-order valence-electron chi connectivity index (χ3n) is 2.96. The summed E-state index contributed by atoms with van der Waals surface area (Å²) in [6, 6.07) is 7.53. The lowest BCUT2D eigenvalue weighted by atomic mass is 10.2. The third kappa shape index (κ3) is 2.44. The van der Waals surface area contributed by atoms with Crippen molar-refractivity contribution in [3.8, 4) is 17.2 Å². The molecule has 0 fully saturated rings. The summed E-state index contributed by atoms with van der Waals surface area (Å²) in [5, 5.41) is 3.67. The molecule has 0 radical (unpaired) electrons. The van der Waals surface area contributed by atoms with Gasteiger partial charge in [-0.1, -0.05) is 11.6 Å². The van der Waals surface area contributed by atoms with Crippen LogP contribution in [0, 0.1) is 0 Å². The number of anilines is 1. The summed E-state index contributed by atoms with van der Waals surface area (Å²) < 4.78 is 16.0. The number of fused-ring (bicyclic) bond motifs is 1. The Bertz CT molecular complexity index is 634. The van der Waals surface area contributed by atoms with Crippen LogP contribution in [0.4, 0.5) is 5.69 Å². The highest BCUT2D eigenvalue weighted by Crippen LogP contribution is 2.41. The quantitative estimate of drug-likeness (QED) is 0.878. The van der Waals surface area contributed by atoms with Crippen LogP contribution in [-0.2, 0) is 6.54 Å². The van der Waals surface area contributed by atoms with E-state index in [2.05, 4.69) is 10.3 Å². The van der Waals surface area contributed by atoms with Gasteiger partial charge in [0.05, 0.1) is 12.8 Å². The monoisotopic (exact) mass is 292 g/mol. The maximum absolute atomic E-state index is 6.00. The molecule has 2 heterocycles. The van der Waals surface area contributed by atoms with Gasteiger partial charge in [-0.05, 0) is 29.8 Å². The standard InChI is InChI=1S/C14H13ClN2O3/c1-18-11-5-9(6-12-13(11)20-8-19-12)7-17-10-3-2-4-16-14(10)15/h2-6,17H,7-8H2,1H3. The Hall–Kier alpha value is -2.14. The van der Waals surface area contributed by atoms with Gasteiger partial charge in [-0.15, -0.1) is 0 Å². The number of nitrogens with zero attached hydrogens (tertiary/aromatic N) is 1. The molecule has 0 saturated carbocycles. The fourth-order valence-electron chi connectivity index (χ4n) is 2.00. The Kier molecular flexibility index (Phi) is 3.52. The summed E-state index contributed by atoms with van der Waals surface area (Å²) in [5.74, 6) is 2.00. The zero-order valence-corrected chi connectivity index (χ0v) is 11.6. The Morgan fingerprint density at radius 2 is 2.30 bits per heavy atom. The minimum absolute atomic E-state index is 0.219. The minimum Gasteiger partial charge on any atom is -0.493 e. The van der Waals surface area contributed by atoms with Crippen LogP contribution in [0.1, 0.15) is 5.56 Å². The smallest absolute Gasteiger partial charge is 0.231 e. The van der Waals surface area contributed by atoms with E-state index in [-0.39, 0.29) is 6.79 Å². The molecule has 1 N–H and O–H groups in total. The summed E-state index contributed by atoms with van der Waals surface area (Å²) in [4.78, 5) is 4.02. The first-order chi connectivity index (χ1) is 9.78. The highest BCUT2D eigenvalue weighted by Gasteiger charge is 2.19. The van der Waals surface area contributed by atoms with Crippen LogP contribution in [0.15, 0.2) is 30.5 Å². The van der Waals surface area contributed by atoms with Crippen LogP contribution in [-0.4, -0.2) is 18.9 Å². The molecular weight excluding hydrogens is 280 g/mol. The second-order valence-electron chi connectivity index (χ2n) is 4.23. The van der Waals surface area contributed by atoms with Gasteiger partial charge in [-0.3, -0.25) is 0 Å². The molecule has 104 valence electrons. The van der Waals surface area contributed by atoms with Gasteiger partial charge in [0.25, 0.3) is 0 Å². The van der Waals surface area contributed by atoms with Crippen LogP contribution >= 0.6 is 11.6 Å². The van der Waals surface area contributed by atoms with E-state index in [4.69, 9.17) is 25.8 Å². The lowest BCUT2D eigenvalue weighted by Gasteiger charge is -2.10. The summed E-state index contributed by atoms with van der Waals surface area (Å²) in [6.45, 7) is 0.801. The van der Waals surface area contributed by atoms with Crippen LogP contribution in [0.2, 0.25) is 5.15 Å². The van der Waals surface area contributed by atoms with Crippen LogP contribution < -0.4 is 19.5 Å². The van der Waals surface area contributed by atoms with Crippen molar-refractivity contribution in [3.63, 3.8) is 0 Å². The Balaban J connectivity index is 1.80. The molecule has 6 heteroatoms. The number of rotatable bonds is 4. The predicted molar refractivity (Wildman–Crippen MR) is 75.7 cm³/mol. The summed E-state index contributed by atoms with van der Waals surface area (Å²) in [7, 11) is 1.60. The molecule has 3 rings (SSSR count). The number of pyridine rings is 1. The van der Waals surface area contributed by atoms with Gasteiger partial charge in [0, 0.05) is 12.7 Å². The van der Waals surface area contributed by atoms with Gasteiger partial charge >= 0.3 is 0 Å². The number of benzene rings is 1. The van der Waals surface area contributed by atoms with Gasteiger partial charge in [0.2, 0.25) is 12.5 Å². The molecule has 20 heavy (non-hydrogen) atoms. The predicted octanol–water partition coefficient (Wildman–Crippen LogP) is 3.08. The molecule has 0 amide bonds. The molecule has 0 spiro atoms. The van der Waals surface area contributed by atoms with Crippen molar-refractivity contribution in [3.05, 3.63) is 41.2 Å². The van der Waals surface area contributed by atoms with E-state index < -0.39 is 0 Å². The van der Waals surface area contributed by atoms with Crippen molar-refractivity contribution < 1.29 is 14.2 Å². The number of halogens is 1. The van der Waals surface area contributed by atoms with Crippen LogP contribution in [0.25, 0.3) is 0 Å². The van der Waals surface area contributed by atoms with Gasteiger partial charge < -0.3 is 19.5 Å². The van der Waals surface area contributed by atoms with Crippen LogP contribution in [0.3, 0.4) is 0 Å². The topological polar surface area (TPSA) is 52.6 Å². The van der Waals surface area contributed by atoms with E-state index in [0.29, 0.717) is 28.9 Å². The normalized spacial score (nSPS) is 12.3. The first-order valence-electron chi connectivity index (χ1n) is 6.09. The lowest BCUT2D eigenvalue weighted by molar-refractivity contribution is 0.171. The first kappa shape index (κ1) is 12.9. The summed E-state index contributed by atoms with van der Waals surface area (Å²) in [6.07, 6.45) is 1.65. The summed E-state index contributed by atoms with van der Waals surface area (Å²) in [5.41, 5.74) is 1.79. The highest BCUT2D eigenvalue weighted by atomic mass is 35.5. The molecule has 0 saturated heterocycles. The van der Waals surface area contributed by atoms with Crippen LogP contribution in [0.5, 0.6) is 17.2 Å². The number of hydrogen-bond donors (Lipinski definition) is 1. The number of ether oxygens (including phenoxy) is 3. The number of hydrogen-bond acceptors (Lipinski definition) is 5. The Labute approximate surface area is 121 Å². The van der Waals surface area contributed by atoms with Crippen molar-refractivity contribution in [1.29, 1.82) is 0 Å². The Morgan fingerprint density at radius 1 is 1.40 bits per heavy atom. The van der Waals surface area contributed by atoms with E-state index in [1.807, 2.05) is 24.3 Å². The van der Waals surface area contributed by atoms with Crippen molar-refractivity contribution in [2.45, 2.75) is 6.54 Å². The Morgan fingerprint density at radius 3 is 3.10 bits per heavy atom. The van der Waals surface area contributed by atoms with E-state index in [0.717, 1.165) is 11.3 Å². The van der Waals surface area contributed by atoms with Crippen molar-refractivity contribution in [1.82, 2.24) is 4.98 Å². The number of methoxy groups -OCH3 is 1. The maximum Gasteiger partial charge on any atom is 0.231 e. The fraction of sp³-hybridized carbons (Fsp3) is 0.214. The highest BCUT2D eigenvalue weighted by molar-refractivity contribution is 6.31. The largest absolute Gasteiger partial charge is 0.493 e. The molecule has 2 aromatic rings. The second-order valence-corrected chi connectivity index (χ2v) is 4.59. The average molecular weight is 293 g/mol. The first-order valence-corrected chi connectivity index (χ1v) is 6.46. The number of aromatic nitrogens is 1. The average Bonchev–Trinajstić information content (AvgIpc) is 2.94. The molecule has 1 aromatic carbocycles. The van der Waals surface area contributed by atoms with Gasteiger partial charge in [-0.2, -0.15) is 0 Å². The fourth-order valence-corrected chi connectivity index (χ4v) is 2.19. The molecule has 0 aliphatic carbocycles. The van der Waals surface area contributed by atoms with E-state index in [1.54, 1.807) is 13.3 Å². The maximum atomic E-state index is 6.00. The molecule has 0 unspecified atom stereocenters. The van der Waals surface area contributed by atoms with Crippen molar-refractivity contribution in [2.75, 3.05) is 19.2 Å². The van der Waals surface area contributed by atoms with E-state index >= 15 is 0 Å². The molecule has 1 aliphatic rings. The zero-order valence-electron chi connectivity index (χ0n) is 10.9. The van der Waals surface area contributed by atoms with E-state index in [1.165, 1.54) is 0 Å². The van der Waals surface area contributed by atoms with Gasteiger partial charge in [0.15, 0.2) is 16.7 Å². The zero-order chi connectivity index (χ0) is 13.9. The molecule has 0 atom stereocenters. The van der Waals surface area contributed by atoms with Gasteiger partial charge in [0.1, 0.15) is 0 Å². The minimum atomic E-state index is 0.219.